The number of alkyl halides is 1. The zero-order valence-corrected chi connectivity index (χ0v) is 18.7. The average Bonchev–Trinajstić information content (AvgIpc) is 2.68. The smallest absolute Gasteiger partial charge is 0.322 e. The first-order chi connectivity index (χ1) is 13.8. The number of aryl methyl sites for hydroxylation is 1. The SMILES string of the molecule is Cc1ccnc(-c2cc(COC(=O)CCCCCOC(=O)C(C)(C)Br)ccn2)c1. The summed E-state index contributed by atoms with van der Waals surface area (Å²) in [6.07, 6.45) is 6.00. The highest BCUT2D eigenvalue weighted by molar-refractivity contribution is 9.10. The van der Waals surface area contributed by atoms with Gasteiger partial charge in [-0.2, -0.15) is 0 Å². The number of hydrogen-bond acceptors (Lipinski definition) is 6. The third-order valence-electron chi connectivity index (χ3n) is 4.15. The predicted molar refractivity (Wildman–Crippen MR) is 114 cm³/mol. The normalized spacial score (nSPS) is 11.2. The number of carbonyl (C=O) groups is 2. The molecular weight excluding hydrogens is 436 g/mol. The summed E-state index contributed by atoms with van der Waals surface area (Å²) in [5.74, 6) is -0.523. The predicted octanol–water partition coefficient (Wildman–Crippen LogP) is 4.77. The van der Waals surface area contributed by atoms with Crippen LogP contribution in [-0.4, -0.2) is 32.8 Å². The van der Waals surface area contributed by atoms with Gasteiger partial charge < -0.3 is 9.47 Å². The van der Waals surface area contributed by atoms with E-state index >= 15 is 0 Å². The second-order valence-electron chi connectivity index (χ2n) is 7.35. The Kier molecular flexibility index (Phi) is 8.76. The second-order valence-corrected chi connectivity index (χ2v) is 9.33. The van der Waals surface area contributed by atoms with E-state index in [0.717, 1.165) is 35.4 Å². The number of esters is 2. The number of unbranched alkanes of at least 4 members (excludes halogenated alkanes) is 2. The summed E-state index contributed by atoms with van der Waals surface area (Å²) in [6.45, 7) is 6.06. The van der Waals surface area contributed by atoms with Gasteiger partial charge in [0.2, 0.25) is 0 Å². The highest BCUT2D eigenvalue weighted by Gasteiger charge is 2.25. The van der Waals surface area contributed by atoms with Gasteiger partial charge in [0.1, 0.15) is 10.9 Å². The van der Waals surface area contributed by atoms with E-state index in [1.807, 2.05) is 31.2 Å². The Morgan fingerprint density at radius 2 is 1.69 bits per heavy atom. The van der Waals surface area contributed by atoms with Crippen LogP contribution in [0.3, 0.4) is 0 Å². The molecule has 0 aliphatic carbocycles. The van der Waals surface area contributed by atoms with Gasteiger partial charge in [0, 0.05) is 18.8 Å². The molecule has 0 N–H and O–H groups in total. The number of aromatic nitrogens is 2. The molecule has 0 radical (unpaired) electrons. The van der Waals surface area contributed by atoms with Crippen LogP contribution in [0.4, 0.5) is 0 Å². The molecule has 2 aromatic heterocycles. The van der Waals surface area contributed by atoms with E-state index in [-0.39, 0.29) is 18.5 Å². The van der Waals surface area contributed by atoms with Crippen molar-refractivity contribution in [2.45, 2.75) is 57.4 Å². The molecule has 0 atom stereocenters. The zero-order chi connectivity index (χ0) is 21.3. The van der Waals surface area contributed by atoms with Crippen molar-refractivity contribution in [1.29, 1.82) is 0 Å². The first-order valence-corrected chi connectivity index (χ1v) is 10.4. The van der Waals surface area contributed by atoms with E-state index in [4.69, 9.17) is 9.47 Å². The van der Waals surface area contributed by atoms with Crippen LogP contribution in [0.2, 0.25) is 0 Å². The quantitative estimate of drug-likeness (QED) is 0.287. The van der Waals surface area contributed by atoms with Crippen LogP contribution in [0, 0.1) is 6.92 Å². The maximum atomic E-state index is 11.9. The highest BCUT2D eigenvalue weighted by atomic mass is 79.9. The third kappa shape index (κ3) is 8.31. The fourth-order valence-corrected chi connectivity index (χ4v) is 2.62. The molecule has 7 heteroatoms. The third-order valence-corrected chi connectivity index (χ3v) is 4.47. The van der Waals surface area contributed by atoms with E-state index in [2.05, 4.69) is 25.9 Å². The summed E-state index contributed by atoms with van der Waals surface area (Å²) in [6, 6.07) is 7.61. The van der Waals surface area contributed by atoms with Gasteiger partial charge >= 0.3 is 11.9 Å². The fourth-order valence-electron chi connectivity index (χ4n) is 2.50. The average molecular weight is 463 g/mol. The van der Waals surface area contributed by atoms with Crippen LogP contribution in [0.25, 0.3) is 11.4 Å². The van der Waals surface area contributed by atoms with E-state index < -0.39 is 4.32 Å². The molecule has 6 nitrogen and oxygen atoms in total. The van der Waals surface area contributed by atoms with Crippen molar-refractivity contribution in [3.8, 4) is 11.4 Å². The van der Waals surface area contributed by atoms with Crippen LogP contribution in [-0.2, 0) is 25.7 Å². The Bertz CT molecular complexity index is 834. The van der Waals surface area contributed by atoms with Crippen molar-refractivity contribution in [3.63, 3.8) is 0 Å². The van der Waals surface area contributed by atoms with Crippen molar-refractivity contribution >= 4 is 27.9 Å². The molecule has 0 amide bonds. The van der Waals surface area contributed by atoms with Gasteiger partial charge in [0.25, 0.3) is 0 Å². The summed E-state index contributed by atoms with van der Waals surface area (Å²) in [7, 11) is 0. The number of halogens is 1. The van der Waals surface area contributed by atoms with E-state index in [1.54, 1.807) is 26.2 Å². The molecule has 2 aromatic rings. The zero-order valence-electron chi connectivity index (χ0n) is 17.1. The van der Waals surface area contributed by atoms with Gasteiger partial charge in [-0.1, -0.05) is 15.9 Å². The standard InChI is InChI=1S/C22H27BrN2O4/c1-16-8-10-24-18(13-16)19-14-17(9-11-25-19)15-29-20(26)7-5-4-6-12-28-21(27)22(2,3)23/h8-11,13-14H,4-7,12,15H2,1-3H3. The molecule has 0 aliphatic rings. The topological polar surface area (TPSA) is 78.4 Å². The van der Waals surface area contributed by atoms with Gasteiger partial charge in [0.05, 0.1) is 18.0 Å². The fraction of sp³-hybridized carbons (Fsp3) is 0.455. The molecule has 0 bridgehead atoms. The Hall–Kier alpha value is -2.28. The number of carbonyl (C=O) groups excluding carboxylic acids is 2. The Balaban J connectivity index is 1.68. The molecule has 2 heterocycles. The molecule has 0 spiro atoms. The van der Waals surface area contributed by atoms with Crippen molar-refractivity contribution < 1.29 is 19.1 Å². The largest absolute Gasteiger partial charge is 0.465 e. The molecule has 2 rings (SSSR count). The summed E-state index contributed by atoms with van der Waals surface area (Å²) < 4.78 is 9.85. The molecule has 0 saturated carbocycles. The van der Waals surface area contributed by atoms with Crippen LogP contribution in [0.1, 0.15) is 50.7 Å². The Labute approximate surface area is 180 Å². The summed E-state index contributed by atoms with van der Waals surface area (Å²) >= 11 is 3.26. The van der Waals surface area contributed by atoms with Crippen LogP contribution in [0.15, 0.2) is 36.7 Å². The van der Waals surface area contributed by atoms with Crippen molar-refractivity contribution in [1.82, 2.24) is 9.97 Å². The van der Waals surface area contributed by atoms with Gasteiger partial charge in [0.15, 0.2) is 0 Å². The Morgan fingerprint density at radius 3 is 2.38 bits per heavy atom. The molecule has 0 unspecified atom stereocenters. The highest BCUT2D eigenvalue weighted by Crippen LogP contribution is 2.18. The molecule has 29 heavy (non-hydrogen) atoms. The maximum Gasteiger partial charge on any atom is 0.322 e. The van der Waals surface area contributed by atoms with E-state index in [1.165, 1.54) is 0 Å². The van der Waals surface area contributed by atoms with E-state index in [0.29, 0.717) is 19.4 Å². The van der Waals surface area contributed by atoms with Gasteiger partial charge in [-0.3, -0.25) is 19.6 Å². The van der Waals surface area contributed by atoms with Crippen molar-refractivity contribution in [3.05, 3.63) is 47.8 Å². The lowest BCUT2D eigenvalue weighted by Crippen LogP contribution is -2.26. The van der Waals surface area contributed by atoms with Crippen LogP contribution in [0.5, 0.6) is 0 Å². The number of pyridine rings is 2. The molecule has 0 aliphatic heterocycles. The minimum absolute atomic E-state index is 0.206. The minimum atomic E-state index is -0.668. The first-order valence-electron chi connectivity index (χ1n) is 9.65. The molecule has 0 saturated heterocycles. The Morgan fingerprint density at radius 1 is 1.00 bits per heavy atom. The molecule has 156 valence electrons. The first kappa shape index (κ1) is 23.0. The summed E-state index contributed by atoms with van der Waals surface area (Å²) in [4.78, 5) is 32.2. The molecule has 0 aromatic carbocycles. The lowest BCUT2D eigenvalue weighted by molar-refractivity contribution is -0.146. The van der Waals surface area contributed by atoms with E-state index in [9.17, 15) is 9.59 Å². The van der Waals surface area contributed by atoms with Crippen molar-refractivity contribution in [2.75, 3.05) is 6.61 Å². The van der Waals surface area contributed by atoms with Gasteiger partial charge in [-0.25, -0.2) is 0 Å². The number of nitrogens with zero attached hydrogens (tertiary/aromatic N) is 2. The number of rotatable bonds is 10. The lowest BCUT2D eigenvalue weighted by atomic mass is 10.1. The maximum absolute atomic E-state index is 11.9. The molecule has 0 fully saturated rings. The summed E-state index contributed by atoms with van der Waals surface area (Å²) in [5, 5.41) is 0. The van der Waals surface area contributed by atoms with Gasteiger partial charge in [-0.05, 0) is 75.4 Å². The number of ether oxygens (including phenoxy) is 2. The van der Waals surface area contributed by atoms with Crippen LogP contribution < -0.4 is 0 Å². The molecular formula is C22H27BrN2O4. The monoisotopic (exact) mass is 462 g/mol. The van der Waals surface area contributed by atoms with Crippen molar-refractivity contribution in [2.24, 2.45) is 0 Å². The van der Waals surface area contributed by atoms with Gasteiger partial charge in [-0.15, -0.1) is 0 Å². The number of hydrogen-bond donors (Lipinski definition) is 0. The minimum Gasteiger partial charge on any atom is -0.465 e. The lowest BCUT2D eigenvalue weighted by Gasteiger charge is -2.14. The second kappa shape index (κ2) is 11.0. The summed E-state index contributed by atoms with van der Waals surface area (Å²) in [5.41, 5.74) is 3.53. The van der Waals surface area contributed by atoms with Crippen LogP contribution >= 0.6 is 15.9 Å².